The van der Waals surface area contributed by atoms with Crippen LogP contribution >= 0.6 is 11.6 Å². The number of piperidine rings is 1. The molecule has 2 aromatic rings. The fourth-order valence-corrected chi connectivity index (χ4v) is 6.47. The molecule has 3 aliphatic heterocycles. The minimum Gasteiger partial charge on any atom is -0.370 e. The number of alkyl halides is 3. The molecule has 1 amide bonds. The van der Waals surface area contributed by atoms with E-state index >= 15 is 0 Å². The van der Waals surface area contributed by atoms with Crippen molar-refractivity contribution in [3.05, 3.63) is 34.1 Å². The molecule has 6 rings (SSSR count). The molecular formula is C25H31ClF3N7O. The maximum Gasteiger partial charge on any atom is 0.451 e. The number of pyridine rings is 1. The molecule has 2 fully saturated rings. The molecule has 0 radical (unpaired) electrons. The van der Waals surface area contributed by atoms with Crippen molar-refractivity contribution < 1.29 is 18.0 Å². The fraction of sp³-hybridized carbons (Fsp3) is 0.680. The van der Waals surface area contributed by atoms with E-state index in [9.17, 15) is 18.0 Å². The lowest BCUT2D eigenvalue weighted by molar-refractivity contribution is -0.148. The van der Waals surface area contributed by atoms with E-state index < -0.39 is 12.0 Å². The lowest BCUT2D eigenvalue weighted by atomic mass is 9.85. The number of aromatic nitrogens is 4. The predicted octanol–water partition coefficient (Wildman–Crippen LogP) is 3.62. The first-order valence-corrected chi connectivity index (χ1v) is 13.5. The van der Waals surface area contributed by atoms with Crippen LogP contribution in [0.2, 0.25) is 5.02 Å². The van der Waals surface area contributed by atoms with Crippen LogP contribution in [0.3, 0.4) is 0 Å². The standard InChI is InChI=1S/C25H31ClF3N7O/c1-15-11-34(22-18-4-6-33(12-16-2-3-16)13-20(18)30-10-19(22)26)7-5-17(15)23(37)35-8-9-36-21(14-35)31-32-24(36)25(27,28)29/h10,15-17H,2-9,11-14H2,1H3/t15-,17+/m1/s1. The van der Waals surface area contributed by atoms with E-state index in [1.165, 1.54) is 18.4 Å². The van der Waals surface area contributed by atoms with Crippen molar-refractivity contribution in [1.29, 1.82) is 0 Å². The van der Waals surface area contributed by atoms with Crippen LogP contribution in [-0.4, -0.2) is 68.2 Å². The third kappa shape index (κ3) is 4.80. The van der Waals surface area contributed by atoms with E-state index in [0.717, 1.165) is 47.9 Å². The van der Waals surface area contributed by atoms with Gasteiger partial charge < -0.3 is 14.4 Å². The first-order chi connectivity index (χ1) is 17.7. The second-order valence-corrected chi connectivity index (χ2v) is 11.4. The first-order valence-electron chi connectivity index (χ1n) is 13.1. The highest BCUT2D eigenvalue weighted by Crippen LogP contribution is 2.39. The zero-order chi connectivity index (χ0) is 25.9. The van der Waals surface area contributed by atoms with Crippen LogP contribution in [0.1, 0.15) is 49.1 Å². The number of amides is 1. The van der Waals surface area contributed by atoms with E-state index in [4.69, 9.17) is 11.6 Å². The Morgan fingerprint density at radius 1 is 1.11 bits per heavy atom. The summed E-state index contributed by atoms with van der Waals surface area (Å²) in [5, 5.41) is 7.69. The molecule has 0 bridgehead atoms. The lowest BCUT2D eigenvalue weighted by Crippen LogP contribution is -2.49. The van der Waals surface area contributed by atoms with E-state index in [2.05, 4.69) is 31.9 Å². The minimum atomic E-state index is -4.55. The molecule has 0 N–H and O–H groups in total. The van der Waals surface area contributed by atoms with Crippen LogP contribution in [-0.2, 0) is 37.0 Å². The molecule has 0 aromatic carbocycles. The van der Waals surface area contributed by atoms with Gasteiger partial charge in [-0.1, -0.05) is 18.5 Å². The zero-order valence-corrected chi connectivity index (χ0v) is 21.6. The molecule has 37 heavy (non-hydrogen) atoms. The van der Waals surface area contributed by atoms with Gasteiger partial charge in [-0.05, 0) is 37.5 Å². The van der Waals surface area contributed by atoms with Gasteiger partial charge in [0.15, 0.2) is 5.82 Å². The first kappa shape index (κ1) is 24.9. The largest absolute Gasteiger partial charge is 0.451 e. The molecular weight excluding hydrogens is 507 g/mol. The topological polar surface area (TPSA) is 70.4 Å². The summed E-state index contributed by atoms with van der Waals surface area (Å²) in [7, 11) is 0. The van der Waals surface area contributed by atoms with Gasteiger partial charge in [-0.25, -0.2) is 0 Å². The number of fused-ring (bicyclic) bond motifs is 2. The summed E-state index contributed by atoms with van der Waals surface area (Å²) in [4.78, 5) is 24.5. The number of nitrogens with zero attached hydrogens (tertiary/aromatic N) is 7. The van der Waals surface area contributed by atoms with Crippen molar-refractivity contribution in [2.45, 2.75) is 58.4 Å². The Kier molecular flexibility index (Phi) is 6.34. The Morgan fingerprint density at radius 3 is 2.65 bits per heavy atom. The normalized spacial score (nSPS) is 24.7. The second-order valence-electron chi connectivity index (χ2n) is 11.0. The van der Waals surface area contributed by atoms with Gasteiger partial charge in [0.1, 0.15) is 0 Å². The van der Waals surface area contributed by atoms with Crippen molar-refractivity contribution in [3.8, 4) is 0 Å². The number of carbonyl (C=O) groups is 1. The molecule has 1 saturated carbocycles. The Labute approximate surface area is 218 Å². The van der Waals surface area contributed by atoms with E-state index in [0.29, 0.717) is 24.5 Å². The van der Waals surface area contributed by atoms with E-state index in [1.54, 1.807) is 11.1 Å². The number of hydrogen-bond acceptors (Lipinski definition) is 6. The summed E-state index contributed by atoms with van der Waals surface area (Å²) in [5.74, 6) is -0.116. The SMILES string of the molecule is C[C@@H]1CN(c2c(Cl)cnc3c2CCN(CC2CC2)C3)CC[C@@H]1C(=O)N1CCn2c(nnc2C(F)(F)F)C1. The minimum absolute atomic E-state index is 0.0199. The summed E-state index contributed by atoms with van der Waals surface area (Å²) < 4.78 is 40.6. The number of halogens is 4. The quantitative estimate of drug-likeness (QED) is 0.593. The predicted molar refractivity (Wildman–Crippen MR) is 131 cm³/mol. The summed E-state index contributed by atoms with van der Waals surface area (Å²) in [6.45, 7) is 6.81. The highest BCUT2D eigenvalue weighted by Gasteiger charge is 2.41. The maximum absolute atomic E-state index is 13.4. The van der Waals surface area contributed by atoms with Gasteiger partial charge in [0.25, 0.3) is 0 Å². The second kappa shape index (κ2) is 9.41. The Morgan fingerprint density at radius 2 is 1.92 bits per heavy atom. The zero-order valence-electron chi connectivity index (χ0n) is 20.8. The molecule has 0 unspecified atom stereocenters. The van der Waals surface area contributed by atoms with Gasteiger partial charge >= 0.3 is 6.18 Å². The molecule has 12 heteroatoms. The van der Waals surface area contributed by atoms with Crippen LogP contribution in [0.4, 0.5) is 18.9 Å². The number of rotatable bonds is 4. The molecule has 4 aliphatic rings. The smallest absolute Gasteiger partial charge is 0.370 e. The van der Waals surface area contributed by atoms with E-state index in [1.807, 2.05) is 0 Å². The van der Waals surface area contributed by atoms with Crippen LogP contribution in [0, 0.1) is 17.8 Å². The molecule has 1 aliphatic carbocycles. The maximum atomic E-state index is 13.4. The third-order valence-electron chi connectivity index (χ3n) is 8.32. The van der Waals surface area contributed by atoms with Crippen LogP contribution in [0.25, 0.3) is 0 Å². The van der Waals surface area contributed by atoms with Gasteiger partial charge in [-0.3, -0.25) is 14.7 Å². The molecule has 5 heterocycles. The summed E-state index contributed by atoms with van der Waals surface area (Å²) in [6.07, 6.45) is 1.46. The van der Waals surface area contributed by atoms with Gasteiger partial charge in [0.05, 0.1) is 22.9 Å². The van der Waals surface area contributed by atoms with Crippen LogP contribution < -0.4 is 4.90 Å². The van der Waals surface area contributed by atoms with Crippen molar-refractivity contribution in [1.82, 2.24) is 29.5 Å². The molecule has 2 aromatic heterocycles. The monoisotopic (exact) mass is 537 g/mol. The summed E-state index contributed by atoms with van der Waals surface area (Å²) >= 11 is 6.69. The Balaban J connectivity index is 1.13. The number of anilines is 1. The summed E-state index contributed by atoms with van der Waals surface area (Å²) in [6, 6.07) is 0. The fourth-order valence-electron chi connectivity index (χ4n) is 6.18. The van der Waals surface area contributed by atoms with Crippen molar-refractivity contribution in [3.63, 3.8) is 0 Å². The summed E-state index contributed by atoms with van der Waals surface area (Å²) in [5.41, 5.74) is 3.39. The van der Waals surface area contributed by atoms with Gasteiger partial charge in [0.2, 0.25) is 11.7 Å². The average Bonchev–Trinajstić information content (AvgIpc) is 3.56. The molecule has 8 nitrogen and oxygen atoms in total. The van der Waals surface area contributed by atoms with E-state index in [-0.39, 0.29) is 43.2 Å². The average molecular weight is 538 g/mol. The van der Waals surface area contributed by atoms with Crippen molar-refractivity contribution >= 4 is 23.2 Å². The molecule has 2 atom stereocenters. The Bertz CT molecular complexity index is 1200. The highest BCUT2D eigenvalue weighted by molar-refractivity contribution is 6.33. The van der Waals surface area contributed by atoms with Crippen LogP contribution in [0.15, 0.2) is 6.20 Å². The van der Waals surface area contributed by atoms with Crippen molar-refractivity contribution in [2.24, 2.45) is 17.8 Å². The van der Waals surface area contributed by atoms with Gasteiger partial charge in [-0.15, -0.1) is 10.2 Å². The van der Waals surface area contributed by atoms with Gasteiger partial charge in [0, 0.05) is 63.5 Å². The molecule has 0 spiro atoms. The molecule has 1 saturated heterocycles. The molecule has 200 valence electrons. The number of carbonyl (C=O) groups excluding carboxylic acids is 1. The number of hydrogen-bond donors (Lipinski definition) is 0. The third-order valence-corrected chi connectivity index (χ3v) is 8.59. The van der Waals surface area contributed by atoms with Crippen LogP contribution in [0.5, 0.6) is 0 Å². The highest BCUT2D eigenvalue weighted by atomic mass is 35.5. The lowest BCUT2D eigenvalue weighted by Gasteiger charge is -2.42. The van der Waals surface area contributed by atoms with Gasteiger partial charge in [-0.2, -0.15) is 13.2 Å². The Hall–Kier alpha value is -2.40. The van der Waals surface area contributed by atoms with Crippen molar-refractivity contribution in [2.75, 3.05) is 37.6 Å².